The Hall–Kier alpha value is -1.74. The van der Waals surface area contributed by atoms with Gasteiger partial charge in [0.2, 0.25) is 0 Å². The molecule has 120 valence electrons. The molecule has 2 atom stereocenters. The lowest BCUT2D eigenvalue weighted by Gasteiger charge is -2.29. The van der Waals surface area contributed by atoms with Crippen LogP contribution in [0.2, 0.25) is 0 Å². The van der Waals surface area contributed by atoms with E-state index in [0.29, 0.717) is 6.61 Å². The smallest absolute Gasteiger partial charge is 0.186 e. The van der Waals surface area contributed by atoms with Crippen molar-refractivity contribution in [3.8, 4) is 0 Å². The Morgan fingerprint density at radius 1 is 1.41 bits per heavy atom. The normalized spacial score (nSPS) is 15.5. The van der Waals surface area contributed by atoms with E-state index in [2.05, 4.69) is 55.8 Å². The molecule has 0 radical (unpaired) electrons. The minimum absolute atomic E-state index is 0.115. The van der Waals surface area contributed by atoms with Crippen LogP contribution in [0.5, 0.6) is 0 Å². The second-order valence-electron chi connectivity index (χ2n) is 5.91. The summed E-state index contributed by atoms with van der Waals surface area (Å²) in [5, 5.41) is 0. The van der Waals surface area contributed by atoms with Gasteiger partial charge in [-0.2, -0.15) is 4.57 Å². The average Bonchev–Trinajstić information content (AvgIpc) is 2.50. The van der Waals surface area contributed by atoms with Crippen molar-refractivity contribution in [3.05, 3.63) is 48.3 Å². The van der Waals surface area contributed by atoms with E-state index >= 15 is 0 Å². The van der Waals surface area contributed by atoms with Crippen molar-refractivity contribution in [2.45, 2.75) is 33.2 Å². The fraction of sp³-hybridized carbons (Fsp3) is 0.474. The Kier molecular flexibility index (Phi) is 6.69. The second kappa shape index (κ2) is 8.04. The monoisotopic (exact) mass is 301 g/mol. The first-order chi connectivity index (χ1) is 10.4. The first kappa shape index (κ1) is 18.3. The number of nitrogens with zero attached hydrogens (tertiary/aromatic N) is 2. The van der Waals surface area contributed by atoms with Crippen LogP contribution in [0, 0.1) is 19.3 Å². The highest BCUT2D eigenvalue weighted by molar-refractivity contribution is 5.66. The number of allylic oxidation sites excluding steroid dienone is 1. The van der Waals surface area contributed by atoms with E-state index in [4.69, 9.17) is 4.74 Å². The molecule has 0 aliphatic carbocycles. The minimum atomic E-state index is -0.149. The number of ether oxygens (including phenoxy) is 1. The highest BCUT2D eigenvalue weighted by Gasteiger charge is 2.38. The molecule has 0 aliphatic rings. The molecule has 1 unspecified atom stereocenters. The Bertz CT molecular complexity index is 563. The highest BCUT2D eigenvalue weighted by atomic mass is 16.5. The number of hydrogen-bond donors (Lipinski definition) is 0. The van der Waals surface area contributed by atoms with Crippen LogP contribution in [0.15, 0.2) is 36.5 Å². The lowest BCUT2D eigenvalue weighted by Crippen LogP contribution is -2.50. The number of hydrogen-bond acceptors (Lipinski definition) is 2. The summed E-state index contributed by atoms with van der Waals surface area (Å²) in [7, 11) is 3.54. The van der Waals surface area contributed by atoms with Gasteiger partial charge in [-0.25, -0.2) is 0 Å². The third-order valence-corrected chi connectivity index (χ3v) is 4.47. The molecule has 0 aliphatic heterocycles. The maximum atomic E-state index is 5.29. The van der Waals surface area contributed by atoms with Gasteiger partial charge in [0.05, 0.1) is 5.41 Å². The zero-order valence-corrected chi connectivity index (χ0v) is 14.6. The van der Waals surface area contributed by atoms with Gasteiger partial charge < -0.3 is 4.74 Å². The minimum Gasteiger partial charge on any atom is -0.385 e. The predicted molar refractivity (Wildman–Crippen MR) is 94.5 cm³/mol. The third kappa shape index (κ3) is 3.72. The SMILES string of the molecule is C=Cc1cc[n+](C(C=C)[C@](C)(/C=N/C)CCOC)c(C)c1C. The third-order valence-electron chi connectivity index (χ3n) is 4.47. The van der Waals surface area contributed by atoms with E-state index in [1.807, 2.05) is 25.4 Å². The first-order valence-corrected chi connectivity index (χ1v) is 7.63. The molecule has 0 N–H and O–H groups in total. The molecule has 0 aromatic carbocycles. The molecule has 22 heavy (non-hydrogen) atoms. The fourth-order valence-corrected chi connectivity index (χ4v) is 2.93. The van der Waals surface area contributed by atoms with Crippen molar-refractivity contribution < 1.29 is 9.30 Å². The van der Waals surface area contributed by atoms with Crippen LogP contribution in [-0.4, -0.2) is 27.0 Å². The van der Waals surface area contributed by atoms with Crippen molar-refractivity contribution in [1.82, 2.24) is 0 Å². The number of aliphatic imine (C=N–C) groups is 1. The van der Waals surface area contributed by atoms with Crippen LogP contribution in [0.3, 0.4) is 0 Å². The summed E-state index contributed by atoms with van der Waals surface area (Å²) >= 11 is 0. The summed E-state index contributed by atoms with van der Waals surface area (Å²) in [5.41, 5.74) is 3.48. The summed E-state index contributed by atoms with van der Waals surface area (Å²) in [6, 6.07) is 2.22. The Morgan fingerprint density at radius 3 is 2.59 bits per heavy atom. The molecular formula is C19H29N2O+. The van der Waals surface area contributed by atoms with Gasteiger partial charge in [-0.05, 0) is 31.9 Å². The quantitative estimate of drug-likeness (QED) is 0.408. The van der Waals surface area contributed by atoms with Gasteiger partial charge in [-0.3, -0.25) is 4.99 Å². The molecule has 0 saturated heterocycles. The summed E-state index contributed by atoms with van der Waals surface area (Å²) in [6.07, 6.45) is 8.90. The Balaban J connectivity index is 3.37. The molecule has 1 heterocycles. The van der Waals surface area contributed by atoms with Crippen molar-refractivity contribution in [1.29, 1.82) is 0 Å². The average molecular weight is 301 g/mol. The molecular weight excluding hydrogens is 272 g/mol. The summed E-state index contributed by atoms with van der Waals surface area (Å²) in [6.45, 7) is 15.1. The van der Waals surface area contributed by atoms with Crippen molar-refractivity contribution in [2.24, 2.45) is 10.4 Å². The lowest BCUT2D eigenvalue weighted by atomic mass is 9.79. The molecule has 1 rings (SSSR count). The van der Waals surface area contributed by atoms with Gasteiger partial charge in [0, 0.05) is 45.5 Å². The Labute approximate surface area is 135 Å². The number of aromatic nitrogens is 1. The second-order valence-corrected chi connectivity index (χ2v) is 5.91. The van der Waals surface area contributed by atoms with E-state index in [9.17, 15) is 0 Å². The zero-order chi connectivity index (χ0) is 16.8. The molecule has 1 aromatic rings. The summed E-state index contributed by atoms with van der Waals surface area (Å²) < 4.78 is 7.56. The van der Waals surface area contributed by atoms with E-state index in [0.717, 1.165) is 6.42 Å². The van der Waals surface area contributed by atoms with Crippen molar-refractivity contribution in [3.63, 3.8) is 0 Å². The summed E-state index contributed by atoms with van der Waals surface area (Å²) in [5.74, 6) is 0. The van der Waals surface area contributed by atoms with Crippen LogP contribution >= 0.6 is 0 Å². The van der Waals surface area contributed by atoms with Gasteiger partial charge in [0.25, 0.3) is 0 Å². The molecule has 3 nitrogen and oxygen atoms in total. The lowest BCUT2D eigenvalue weighted by molar-refractivity contribution is -0.728. The standard InChI is InChI=1S/C19H29N2O/c1-8-17-10-12-21(16(4)15(17)3)18(9-2)19(5,14-20-6)11-13-22-7/h8-10,12,14,18H,1-2,11,13H2,3-7H3/q+1/b20-14+/t18?,19-/m0/s1. The number of rotatable bonds is 8. The maximum Gasteiger partial charge on any atom is 0.186 e. The fourth-order valence-electron chi connectivity index (χ4n) is 2.93. The molecule has 0 saturated carbocycles. The highest BCUT2D eigenvalue weighted by Crippen LogP contribution is 2.31. The van der Waals surface area contributed by atoms with Crippen molar-refractivity contribution >= 4 is 12.3 Å². The van der Waals surface area contributed by atoms with E-state index in [1.165, 1.54) is 16.8 Å². The first-order valence-electron chi connectivity index (χ1n) is 7.63. The predicted octanol–water partition coefficient (Wildman–Crippen LogP) is 3.70. The summed E-state index contributed by atoms with van der Waals surface area (Å²) in [4.78, 5) is 4.28. The van der Waals surface area contributed by atoms with Crippen LogP contribution in [0.4, 0.5) is 0 Å². The van der Waals surface area contributed by atoms with Gasteiger partial charge in [0.1, 0.15) is 0 Å². The van der Waals surface area contributed by atoms with Gasteiger partial charge in [-0.1, -0.05) is 19.2 Å². The van der Waals surface area contributed by atoms with Crippen molar-refractivity contribution in [2.75, 3.05) is 20.8 Å². The molecule has 0 fully saturated rings. The van der Waals surface area contributed by atoms with Gasteiger partial charge in [-0.15, -0.1) is 0 Å². The molecule has 1 aromatic heterocycles. The number of methoxy groups -OCH3 is 1. The molecule has 0 amide bonds. The van der Waals surface area contributed by atoms with Gasteiger partial charge >= 0.3 is 0 Å². The van der Waals surface area contributed by atoms with E-state index in [1.54, 1.807) is 7.11 Å². The van der Waals surface area contributed by atoms with Crippen LogP contribution in [-0.2, 0) is 4.74 Å². The van der Waals surface area contributed by atoms with Crippen LogP contribution < -0.4 is 4.57 Å². The zero-order valence-electron chi connectivity index (χ0n) is 14.6. The van der Waals surface area contributed by atoms with E-state index in [-0.39, 0.29) is 11.5 Å². The van der Waals surface area contributed by atoms with Gasteiger partial charge in [0.15, 0.2) is 17.9 Å². The Morgan fingerprint density at radius 2 is 2.09 bits per heavy atom. The maximum absolute atomic E-state index is 5.29. The molecule has 0 bridgehead atoms. The largest absolute Gasteiger partial charge is 0.385 e. The molecule has 3 heteroatoms. The number of pyridine rings is 1. The van der Waals surface area contributed by atoms with E-state index < -0.39 is 0 Å². The van der Waals surface area contributed by atoms with Crippen LogP contribution in [0.1, 0.15) is 36.2 Å². The molecule has 0 spiro atoms. The topological polar surface area (TPSA) is 25.5 Å². The van der Waals surface area contributed by atoms with Crippen LogP contribution in [0.25, 0.3) is 6.08 Å².